The molecule has 174 valence electrons. The molecule has 7 nitrogen and oxygen atoms in total. The predicted octanol–water partition coefficient (Wildman–Crippen LogP) is 5.70. The van der Waals surface area contributed by atoms with Gasteiger partial charge in [0.15, 0.2) is 16.1 Å². The lowest BCUT2D eigenvalue weighted by Crippen LogP contribution is -2.14. The minimum Gasteiger partial charge on any atom is -0.378 e. The third-order valence-electron chi connectivity index (χ3n) is 4.89. The van der Waals surface area contributed by atoms with Gasteiger partial charge in [-0.25, -0.2) is 4.98 Å². The van der Waals surface area contributed by atoms with Crippen LogP contribution in [0.1, 0.15) is 0 Å². The lowest BCUT2D eigenvalue weighted by Gasteiger charge is -2.13. The van der Waals surface area contributed by atoms with Crippen molar-refractivity contribution >= 4 is 51.4 Å². The van der Waals surface area contributed by atoms with Crippen LogP contribution in [0.4, 0.5) is 10.8 Å². The number of halogens is 1. The Morgan fingerprint density at radius 2 is 1.85 bits per heavy atom. The number of hydrogen-bond acceptors (Lipinski definition) is 7. The number of benzene rings is 2. The van der Waals surface area contributed by atoms with Gasteiger partial charge < -0.3 is 10.2 Å². The molecule has 0 fully saturated rings. The van der Waals surface area contributed by atoms with Gasteiger partial charge in [-0.2, -0.15) is 0 Å². The standard InChI is InChI=1S/C24H23ClN6OS2/c1-4-13-31-22(17-7-11-19(12-8-17)30(2)3)28-29-24(31)34-15-21(32)27-23-26-20(14-33-23)16-5-9-18(25)10-6-16/h4-12,14H,1,13,15H2,2-3H3,(H,26,27,32). The molecule has 4 rings (SSSR count). The van der Waals surface area contributed by atoms with Crippen molar-refractivity contribution in [2.45, 2.75) is 11.7 Å². The number of thioether (sulfide) groups is 1. The Hall–Kier alpha value is -3.14. The van der Waals surface area contributed by atoms with Crippen molar-refractivity contribution in [1.29, 1.82) is 0 Å². The number of carbonyl (C=O) groups excluding carboxylic acids is 1. The molecule has 0 unspecified atom stereocenters. The minimum atomic E-state index is -0.160. The highest BCUT2D eigenvalue weighted by Crippen LogP contribution is 2.28. The second-order valence-corrected chi connectivity index (χ2v) is 9.77. The molecule has 10 heteroatoms. The SMILES string of the molecule is C=CCn1c(SCC(=O)Nc2nc(-c3ccc(Cl)cc3)cs2)nnc1-c1ccc(N(C)C)cc1. The highest BCUT2D eigenvalue weighted by Gasteiger charge is 2.16. The minimum absolute atomic E-state index is 0.160. The summed E-state index contributed by atoms with van der Waals surface area (Å²) in [5.74, 6) is 0.762. The second-order valence-electron chi connectivity index (χ2n) is 7.53. The van der Waals surface area contributed by atoms with Crippen molar-refractivity contribution in [2.24, 2.45) is 0 Å². The molecule has 0 saturated carbocycles. The number of hydrogen-bond donors (Lipinski definition) is 1. The predicted molar refractivity (Wildman–Crippen MR) is 142 cm³/mol. The summed E-state index contributed by atoms with van der Waals surface area (Å²) in [5.41, 5.74) is 3.79. The number of thiazole rings is 1. The fourth-order valence-corrected chi connectivity index (χ4v) is 4.79. The van der Waals surface area contributed by atoms with Gasteiger partial charge in [-0.1, -0.05) is 41.6 Å². The lowest BCUT2D eigenvalue weighted by atomic mass is 10.2. The van der Waals surface area contributed by atoms with Crippen molar-refractivity contribution in [3.63, 3.8) is 0 Å². The normalized spacial score (nSPS) is 10.8. The van der Waals surface area contributed by atoms with E-state index in [9.17, 15) is 4.79 Å². The van der Waals surface area contributed by atoms with Gasteiger partial charge in [0, 0.05) is 47.9 Å². The van der Waals surface area contributed by atoms with E-state index in [1.54, 1.807) is 6.08 Å². The van der Waals surface area contributed by atoms with Crippen LogP contribution < -0.4 is 10.2 Å². The molecule has 0 bridgehead atoms. The third kappa shape index (κ3) is 5.67. The van der Waals surface area contributed by atoms with Gasteiger partial charge in [-0.05, 0) is 36.4 Å². The summed E-state index contributed by atoms with van der Waals surface area (Å²) in [5, 5.41) is 15.3. The van der Waals surface area contributed by atoms with E-state index in [4.69, 9.17) is 11.6 Å². The van der Waals surface area contributed by atoms with Crippen LogP contribution in [-0.4, -0.2) is 45.5 Å². The van der Waals surface area contributed by atoms with Gasteiger partial charge >= 0.3 is 0 Å². The molecule has 0 atom stereocenters. The van der Waals surface area contributed by atoms with Crippen LogP contribution in [0.15, 0.2) is 71.7 Å². The number of nitrogens with one attached hydrogen (secondary N) is 1. The summed E-state index contributed by atoms with van der Waals surface area (Å²) in [7, 11) is 4.00. The molecule has 0 aliphatic rings. The smallest absolute Gasteiger partial charge is 0.236 e. The van der Waals surface area contributed by atoms with Crippen LogP contribution in [0.3, 0.4) is 0 Å². The summed E-state index contributed by atoms with van der Waals surface area (Å²) in [6, 6.07) is 15.5. The zero-order chi connectivity index (χ0) is 24.1. The zero-order valence-electron chi connectivity index (χ0n) is 18.7. The van der Waals surface area contributed by atoms with Crippen molar-refractivity contribution < 1.29 is 4.79 Å². The fourth-order valence-electron chi connectivity index (χ4n) is 3.18. The second kappa shape index (κ2) is 10.9. The lowest BCUT2D eigenvalue weighted by molar-refractivity contribution is -0.113. The first-order valence-electron chi connectivity index (χ1n) is 10.4. The maximum atomic E-state index is 12.6. The highest BCUT2D eigenvalue weighted by molar-refractivity contribution is 7.99. The summed E-state index contributed by atoms with van der Waals surface area (Å²) in [4.78, 5) is 19.1. The largest absolute Gasteiger partial charge is 0.378 e. The first kappa shape index (κ1) is 24.0. The maximum Gasteiger partial charge on any atom is 0.236 e. The van der Waals surface area contributed by atoms with Crippen molar-refractivity contribution in [1.82, 2.24) is 19.7 Å². The molecule has 2 heterocycles. The zero-order valence-corrected chi connectivity index (χ0v) is 21.1. The van der Waals surface area contributed by atoms with E-state index in [1.807, 2.05) is 77.5 Å². The average Bonchev–Trinajstić information content (AvgIpc) is 3.46. The Morgan fingerprint density at radius 3 is 2.53 bits per heavy atom. The molecule has 34 heavy (non-hydrogen) atoms. The highest BCUT2D eigenvalue weighted by atomic mass is 35.5. The molecule has 0 aliphatic carbocycles. The van der Waals surface area contributed by atoms with Gasteiger partial charge in [0.05, 0.1) is 11.4 Å². The number of rotatable bonds is 9. The maximum absolute atomic E-state index is 12.6. The Balaban J connectivity index is 1.41. The molecule has 2 aromatic heterocycles. The number of amides is 1. The van der Waals surface area contributed by atoms with Crippen LogP contribution in [-0.2, 0) is 11.3 Å². The fraction of sp³-hybridized carbons (Fsp3) is 0.167. The average molecular weight is 511 g/mol. The molecule has 0 spiro atoms. The van der Waals surface area contributed by atoms with E-state index in [-0.39, 0.29) is 11.7 Å². The van der Waals surface area contributed by atoms with E-state index in [0.717, 1.165) is 28.3 Å². The van der Waals surface area contributed by atoms with Crippen molar-refractivity contribution in [2.75, 3.05) is 30.1 Å². The Labute approximate surface area is 211 Å². The molecule has 1 amide bonds. The summed E-state index contributed by atoms with van der Waals surface area (Å²) >= 11 is 8.65. The van der Waals surface area contributed by atoms with Gasteiger partial charge in [0.1, 0.15) is 0 Å². The molecule has 1 N–H and O–H groups in total. The van der Waals surface area contributed by atoms with Crippen LogP contribution in [0.25, 0.3) is 22.6 Å². The van der Waals surface area contributed by atoms with Crippen molar-refractivity contribution in [3.05, 3.63) is 71.6 Å². The topological polar surface area (TPSA) is 75.9 Å². The van der Waals surface area contributed by atoms with Crippen LogP contribution in [0.5, 0.6) is 0 Å². The summed E-state index contributed by atoms with van der Waals surface area (Å²) in [6.45, 7) is 4.39. The van der Waals surface area contributed by atoms with Gasteiger partial charge in [0.25, 0.3) is 0 Å². The quantitative estimate of drug-likeness (QED) is 0.230. The molecule has 0 saturated heterocycles. The van der Waals surface area contributed by atoms with Gasteiger partial charge in [0.2, 0.25) is 5.91 Å². The van der Waals surface area contributed by atoms with Crippen LogP contribution in [0, 0.1) is 0 Å². The monoisotopic (exact) mass is 510 g/mol. The molecule has 0 radical (unpaired) electrons. The Bertz CT molecular complexity index is 1280. The van der Waals surface area contributed by atoms with E-state index in [0.29, 0.717) is 21.9 Å². The van der Waals surface area contributed by atoms with E-state index in [2.05, 4.69) is 27.1 Å². The van der Waals surface area contributed by atoms with E-state index < -0.39 is 0 Å². The molecule has 4 aromatic rings. The van der Waals surface area contributed by atoms with Gasteiger partial charge in [-0.15, -0.1) is 28.1 Å². The first-order valence-corrected chi connectivity index (χ1v) is 12.6. The first-order chi connectivity index (χ1) is 16.4. The van der Waals surface area contributed by atoms with Crippen LogP contribution >= 0.6 is 34.7 Å². The summed E-state index contributed by atoms with van der Waals surface area (Å²) < 4.78 is 1.96. The number of aromatic nitrogens is 4. The number of carbonyl (C=O) groups is 1. The molecular formula is C24H23ClN6OS2. The van der Waals surface area contributed by atoms with E-state index >= 15 is 0 Å². The third-order valence-corrected chi connectivity index (χ3v) is 6.87. The number of anilines is 2. The van der Waals surface area contributed by atoms with Crippen LogP contribution in [0.2, 0.25) is 5.02 Å². The summed E-state index contributed by atoms with van der Waals surface area (Å²) in [6.07, 6.45) is 1.79. The Morgan fingerprint density at radius 1 is 1.15 bits per heavy atom. The molecular weight excluding hydrogens is 488 g/mol. The number of nitrogens with zero attached hydrogens (tertiary/aromatic N) is 5. The Kier molecular flexibility index (Phi) is 7.66. The van der Waals surface area contributed by atoms with E-state index in [1.165, 1.54) is 23.1 Å². The molecule has 0 aliphatic heterocycles. The van der Waals surface area contributed by atoms with Gasteiger partial charge in [-0.3, -0.25) is 9.36 Å². The molecule has 2 aromatic carbocycles. The van der Waals surface area contributed by atoms with Crippen molar-refractivity contribution in [3.8, 4) is 22.6 Å². The number of allylic oxidation sites excluding steroid dienone is 1.